The fourth-order valence-corrected chi connectivity index (χ4v) is 6.64. The van der Waals surface area contributed by atoms with Gasteiger partial charge in [-0.25, -0.2) is 0 Å². The number of rotatable bonds is 11. The molecule has 8 nitrogen and oxygen atoms in total. The van der Waals surface area contributed by atoms with Crippen LogP contribution in [-0.2, 0) is 14.1 Å². The van der Waals surface area contributed by atoms with Crippen LogP contribution in [0.3, 0.4) is 0 Å². The first-order valence-electron chi connectivity index (χ1n) is 14.2. The SMILES string of the molecule is CCCOc1ccc(C(=O)N[C@H](C(=O)N[C@@H](CC(C)C)B2O[C@@H]3C[C@H]4C[C@H](C4(C)C)[C@]3(C)O2)[C@@H](C)O)cc1. The summed E-state index contributed by atoms with van der Waals surface area (Å²) in [6.45, 7) is 15.1. The summed E-state index contributed by atoms with van der Waals surface area (Å²) in [6.07, 6.45) is 2.57. The third-order valence-electron chi connectivity index (χ3n) is 8.99. The lowest BCUT2D eigenvalue weighted by Crippen LogP contribution is -2.65. The van der Waals surface area contributed by atoms with Gasteiger partial charge in [-0.1, -0.05) is 34.6 Å². The lowest BCUT2D eigenvalue weighted by atomic mass is 9.43. The number of aliphatic hydroxyl groups excluding tert-OH is 1. The van der Waals surface area contributed by atoms with Gasteiger partial charge < -0.3 is 29.8 Å². The number of aliphatic hydroxyl groups is 1. The van der Waals surface area contributed by atoms with Gasteiger partial charge in [0.25, 0.3) is 5.91 Å². The molecule has 1 heterocycles. The molecule has 3 aliphatic carbocycles. The van der Waals surface area contributed by atoms with Crippen molar-refractivity contribution in [1.82, 2.24) is 10.6 Å². The van der Waals surface area contributed by atoms with Crippen molar-refractivity contribution in [3.8, 4) is 5.75 Å². The molecule has 2 amide bonds. The molecule has 4 aliphatic rings. The van der Waals surface area contributed by atoms with Crippen molar-refractivity contribution in [1.29, 1.82) is 0 Å². The number of hydrogen-bond donors (Lipinski definition) is 3. The summed E-state index contributed by atoms with van der Waals surface area (Å²) in [5, 5.41) is 16.2. The van der Waals surface area contributed by atoms with Gasteiger partial charge in [0.15, 0.2) is 0 Å². The van der Waals surface area contributed by atoms with E-state index in [-0.39, 0.29) is 23.0 Å². The standard InChI is InChI=1S/C29H45BN2O6/c1-8-13-36-21-11-9-19(10-12-21)26(34)32-25(18(4)33)27(35)31-24(14-17(2)3)30-37-23-16-20-15-22(28(20,5)6)29(23,7)38-30/h9-12,17-18,20,22-25,33H,8,13-16H2,1-7H3,(H,31,35)(H,32,34)/t18-,20-,22-,23-,24+,25+,29+/m1/s1. The maximum atomic E-state index is 13.4. The van der Waals surface area contributed by atoms with Crippen LogP contribution in [0, 0.1) is 23.2 Å². The third-order valence-corrected chi connectivity index (χ3v) is 8.99. The molecule has 9 heteroatoms. The van der Waals surface area contributed by atoms with Gasteiger partial charge in [-0.15, -0.1) is 0 Å². The highest BCUT2D eigenvalue weighted by molar-refractivity contribution is 6.48. The Morgan fingerprint density at radius 1 is 1.13 bits per heavy atom. The molecule has 1 saturated heterocycles. The second-order valence-corrected chi connectivity index (χ2v) is 12.6. The first-order valence-corrected chi connectivity index (χ1v) is 14.2. The van der Waals surface area contributed by atoms with Crippen LogP contribution in [0.2, 0.25) is 0 Å². The average Bonchev–Trinajstić information content (AvgIpc) is 3.22. The molecule has 7 atom stereocenters. The number of ether oxygens (including phenoxy) is 1. The molecular weight excluding hydrogens is 483 g/mol. The summed E-state index contributed by atoms with van der Waals surface area (Å²) in [6, 6.07) is 5.62. The van der Waals surface area contributed by atoms with Crippen molar-refractivity contribution in [3.05, 3.63) is 29.8 Å². The van der Waals surface area contributed by atoms with E-state index in [0.717, 1.165) is 19.3 Å². The molecule has 5 rings (SSSR count). The number of benzene rings is 1. The molecule has 0 aromatic heterocycles. The molecule has 3 N–H and O–H groups in total. The first-order chi connectivity index (χ1) is 17.9. The fraction of sp³-hybridized carbons (Fsp3) is 0.724. The lowest BCUT2D eigenvalue weighted by Gasteiger charge is -2.64. The van der Waals surface area contributed by atoms with Crippen molar-refractivity contribution >= 4 is 18.9 Å². The average molecular weight is 528 g/mol. The highest BCUT2D eigenvalue weighted by Crippen LogP contribution is 2.65. The van der Waals surface area contributed by atoms with Crippen LogP contribution >= 0.6 is 0 Å². The van der Waals surface area contributed by atoms with Crippen molar-refractivity contribution in [3.63, 3.8) is 0 Å². The van der Waals surface area contributed by atoms with Crippen molar-refractivity contribution < 1.29 is 28.7 Å². The van der Waals surface area contributed by atoms with Gasteiger partial charge in [0.05, 0.1) is 30.4 Å². The number of carbonyl (C=O) groups excluding carboxylic acids is 2. The highest BCUT2D eigenvalue weighted by Gasteiger charge is 2.68. The van der Waals surface area contributed by atoms with Crippen LogP contribution < -0.4 is 15.4 Å². The van der Waals surface area contributed by atoms with Crippen molar-refractivity contribution in [2.24, 2.45) is 23.2 Å². The van der Waals surface area contributed by atoms with Gasteiger partial charge in [0.1, 0.15) is 11.8 Å². The topological polar surface area (TPSA) is 106 Å². The molecule has 4 fully saturated rings. The fourth-order valence-electron chi connectivity index (χ4n) is 6.64. The van der Waals surface area contributed by atoms with Gasteiger partial charge in [-0.05, 0) is 87.0 Å². The van der Waals surface area contributed by atoms with Crippen molar-refractivity contribution in [2.45, 2.75) is 104 Å². The Morgan fingerprint density at radius 2 is 1.82 bits per heavy atom. The quantitative estimate of drug-likeness (QED) is 0.378. The van der Waals surface area contributed by atoms with Gasteiger partial charge >= 0.3 is 7.12 Å². The van der Waals surface area contributed by atoms with Gasteiger partial charge in [0, 0.05) is 5.56 Å². The second kappa shape index (κ2) is 11.2. The highest BCUT2D eigenvalue weighted by atomic mass is 16.7. The second-order valence-electron chi connectivity index (χ2n) is 12.6. The summed E-state index contributed by atoms with van der Waals surface area (Å²) in [7, 11) is -0.576. The molecule has 1 aromatic rings. The van der Waals surface area contributed by atoms with E-state index in [4.69, 9.17) is 14.0 Å². The van der Waals surface area contributed by atoms with E-state index in [1.165, 1.54) is 6.92 Å². The Labute approximate surface area is 227 Å². The summed E-state index contributed by atoms with van der Waals surface area (Å²) in [5.41, 5.74) is 0.225. The maximum Gasteiger partial charge on any atom is 0.481 e. The van der Waals surface area contributed by atoms with Gasteiger partial charge in [0.2, 0.25) is 5.91 Å². The van der Waals surface area contributed by atoms with E-state index < -0.39 is 37.0 Å². The largest absolute Gasteiger partial charge is 0.494 e. The summed E-state index contributed by atoms with van der Waals surface area (Å²) in [4.78, 5) is 26.4. The Bertz CT molecular complexity index is 999. The molecule has 0 spiro atoms. The van der Waals surface area contributed by atoms with Crippen LogP contribution in [0.25, 0.3) is 0 Å². The molecule has 210 valence electrons. The third kappa shape index (κ3) is 5.61. The first kappa shape index (κ1) is 28.9. The Morgan fingerprint density at radius 3 is 2.39 bits per heavy atom. The maximum absolute atomic E-state index is 13.4. The summed E-state index contributed by atoms with van der Waals surface area (Å²) < 4.78 is 18.7. The van der Waals surface area contributed by atoms with E-state index in [1.807, 2.05) is 6.92 Å². The molecule has 2 bridgehead atoms. The lowest BCUT2D eigenvalue weighted by molar-refractivity contribution is -0.199. The van der Waals surface area contributed by atoms with Crippen molar-refractivity contribution in [2.75, 3.05) is 6.61 Å². The molecule has 3 saturated carbocycles. The van der Waals surface area contributed by atoms with E-state index in [0.29, 0.717) is 36.2 Å². The van der Waals surface area contributed by atoms with Crippen LogP contribution in [0.1, 0.15) is 84.5 Å². The minimum Gasteiger partial charge on any atom is -0.494 e. The van der Waals surface area contributed by atoms with E-state index in [9.17, 15) is 14.7 Å². The van der Waals surface area contributed by atoms with E-state index in [2.05, 4.69) is 45.3 Å². The van der Waals surface area contributed by atoms with E-state index in [1.54, 1.807) is 24.3 Å². The van der Waals surface area contributed by atoms with Gasteiger partial charge in [-0.2, -0.15) is 0 Å². The summed E-state index contributed by atoms with van der Waals surface area (Å²) in [5.74, 6) is 0.702. The zero-order valence-electron chi connectivity index (χ0n) is 24.0. The summed E-state index contributed by atoms with van der Waals surface area (Å²) >= 11 is 0. The zero-order chi connectivity index (χ0) is 27.8. The Kier molecular flexibility index (Phi) is 8.50. The minimum atomic E-state index is -1.13. The molecule has 0 radical (unpaired) electrons. The molecular formula is C29H45BN2O6. The minimum absolute atomic E-state index is 0.00684. The van der Waals surface area contributed by atoms with Gasteiger partial charge in [-0.3, -0.25) is 9.59 Å². The monoisotopic (exact) mass is 528 g/mol. The number of hydrogen-bond acceptors (Lipinski definition) is 6. The molecule has 38 heavy (non-hydrogen) atoms. The van der Waals surface area contributed by atoms with E-state index >= 15 is 0 Å². The normalized spacial score (nSPS) is 29.6. The zero-order valence-corrected chi connectivity index (χ0v) is 24.0. The van der Waals surface area contributed by atoms with Crippen LogP contribution in [-0.4, -0.2) is 60.4 Å². The predicted molar refractivity (Wildman–Crippen MR) is 147 cm³/mol. The number of carbonyl (C=O) groups is 2. The Balaban J connectivity index is 1.43. The number of nitrogens with one attached hydrogen (secondary N) is 2. The van der Waals surface area contributed by atoms with Crippen LogP contribution in [0.15, 0.2) is 24.3 Å². The van der Waals surface area contributed by atoms with Crippen LogP contribution in [0.4, 0.5) is 0 Å². The Hall–Kier alpha value is -2.10. The molecule has 1 aliphatic heterocycles. The van der Waals surface area contributed by atoms with Crippen LogP contribution in [0.5, 0.6) is 5.75 Å². The number of amides is 2. The molecule has 0 unspecified atom stereocenters. The molecule has 1 aromatic carbocycles. The smallest absolute Gasteiger partial charge is 0.481 e. The predicted octanol–water partition coefficient (Wildman–Crippen LogP) is 3.75.